The number of carbonyl (C=O) groups excluding carboxylic acids is 5. The summed E-state index contributed by atoms with van der Waals surface area (Å²) >= 11 is 0. The van der Waals surface area contributed by atoms with Crippen molar-refractivity contribution >= 4 is 29.7 Å². The number of allylic oxidation sites excluding steroid dienone is 1. The summed E-state index contributed by atoms with van der Waals surface area (Å²) in [5.41, 5.74) is -5.39. The number of aliphatic hydroxyl groups is 2. The van der Waals surface area contributed by atoms with Crippen molar-refractivity contribution in [1.29, 1.82) is 0 Å². The molecule has 0 radical (unpaired) electrons. The van der Waals surface area contributed by atoms with Crippen molar-refractivity contribution < 1.29 is 53.1 Å². The van der Waals surface area contributed by atoms with Crippen LogP contribution in [0.5, 0.6) is 0 Å². The molecule has 1 heterocycles. The average molecular weight is 684 g/mol. The Bertz CT molecular complexity index is 1540. The number of pyridine rings is 1. The monoisotopic (exact) mass is 683 g/mol. The summed E-state index contributed by atoms with van der Waals surface area (Å²) in [6, 6.07) is 3.08. The maximum absolute atomic E-state index is 15.4. The summed E-state index contributed by atoms with van der Waals surface area (Å²) in [7, 11) is 0. The van der Waals surface area contributed by atoms with Crippen LogP contribution in [0.3, 0.4) is 0 Å². The zero-order valence-electron chi connectivity index (χ0n) is 29.6. The number of ketones is 1. The van der Waals surface area contributed by atoms with Crippen LogP contribution in [0.1, 0.15) is 91.4 Å². The highest BCUT2D eigenvalue weighted by Gasteiger charge is 2.86. The first-order valence-electron chi connectivity index (χ1n) is 17.2. The maximum atomic E-state index is 15.4. The zero-order valence-corrected chi connectivity index (χ0v) is 29.6. The van der Waals surface area contributed by atoms with Gasteiger partial charge in [0.25, 0.3) is 0 Å². The minimum Gasteiger partial charge on any atom is -0.462 e. The van der Waals surface area contributed by atoms with E-state index in [9.17, 15) is 29.4 Å². The first-order chi connectivity index (χ1) is 22.9. The fourth-order valence-electron chi connectivity index (χ4n) is 9.62. The van der Waals surface area contributed by atoms with E-state index in [-0.39, 0.29) is 30.4 Å². The molecule has 4 unspecified atom stereocenters. The number of aromatic nitrogens is 1. The van der Waals surface area contributed by atoms with Gasteiger partial charge in [-0.2, -0.15) is 0 Å². The van der Waals surface area contributed by atoms with Gasteiger partial charge in [0.2, 0.25) is 0 Å². The third-order valence-corrected chi connectivity index (χ3v) is 12.0. The molecule has 12 heteroatoms. The summed E-state index contributed by atoms with van der Waals surface area (Å²) in [5, 5.41) is 25.2. The van der Waals surface area contributed by atoms with Crippen LogP contribution < -0.4 is 0 Å². The third kappa shape index (κ3) is 5.68. The Hall–Kier alpha value is -3.64. The molecule has 1 aromatic rings. The van der Waals surface area contributed by atoms with E-state index in [0.29, 0.717) is 6.42 Å². The Morgan fingerprint density at radius 1 is 1.10 bits per heavy atom. The van der Waals surface area contributed by atoms with E-state index < -0.39 is 106 Å². The van der Waals surface area contributed by atoms with Gasteiger partial charge in [0.05, 0.1) is 34.5 Å². The number of hydrogen-bond acceptors (Lipinski definition) is 12. The predicted octanol–water partition coefficient (Wildman–Crippen LogP) is 3.76. The summed E-state index contributed by atoms with van der Waals surface area (Å²) in [4.78, 5) is 71.9. The number of rotatable bonds is 9. The second kappa shape index (κ2) is 12.9. The molecule has 2 bridgehead atoms. The lowest BCUT2D eigenvalue weighted by molar-refractivity contribution is -0.194. The van der Waals surface area contributed by atoms with Crippen molar-refractivity contribution in [3.05, 3.63) is 41.7 Å². The Morgan fingerprint density at radius 2 is 1.80 bits per heavy atom. The standard InChI is InChI=1S/C37H49NO11/c1-9-12-24(40)47-28-20(4)15-36-26(28)29(48-32(43)19(3)10-2)23(17-46-33(44)22-13-11-14-38-16-22)27(41)25(31(36)42)30-34(6,7)37(30,49-21(5)39)18-35(36,8)45/h10-11,13-14,16,20,23,25-30,41,45H,9,12,15,17-18H2,1-8H3/b19-10-/t20-,23+,25?,26?,27+,28-,29+,30?,35+,36?,37+/m1/s1. The first-order valence-corrected chi connectivity index (χ1v) is 17.2. The van der Waals surface area contributed by atoms with E-state index in [4.69, 9.17) is 18.9 Å². The van der Waals surface area contributed by atoms with Crippen LogP contribution in [0.2, 0.25) is 0 Å². The number of carbonyl (C=O) groups is 5. The van der Waals surface area contributed by atoms with Gasteiger partial charge in [-0.25, -0.2) is 9.59 Å². The Kier molecular flexibility index (Phi) is 9.66. The molecule has 2 N–H and O–H groups in total. The second-order valence-corrected chi connectivity index (χ2v) is 15.2. The van der Waals surface area contributed by atoms with Crippen LogP contribution in [0.15, 0.2) is 36.2 Å². The lowest BCUT2D eigenvalue weighted by Crippen LogP contribution is -2.60. The molecule has 0 aromatic carbocycles. The van der Waals surface area contributed by atoms with Crippen molar-refractivity contribution in [2.24, 2.45) is 40.4 Å². The number of ether oxygens (including phenoxy) is 4. The van der Waals surface area contributed by atoms with Gasteiger partial charge in [-0.05, 0) is 51.7 Å². The van der Waals surface area contributed by atoms with Gasteiger partial charge in [-0.15, -0.1) is 0 Å². The van der Waals surface area contributed by atoms with Crippen molar-refractivity contribution in [2.75, 3.05) is 6.61 Å². The molecule has 0 aliphatic heterocycles. The van der Waals surface area contributed by atoms with Gasteiger partial charge < -0.3 is 29.2 Å². The molecule has 4 aliphatic rings. The molecule has 1 aromatic heterocycles. The van der Waals surface area contributed by atoms with Crippen molar-refractivity contribution in [3.63, 3.8) is 0 Å². The quantitative estimate of drug-likeness (QED) is 0.219. The van der Waals surface area contributed by atoms with Gasteiger partial charge in [-0.1, -0.05) is 33.8 Å². The first kappa shape index (κ1) is 36.6. The highest BCUT2D eigenvalue weighted by atomic mass is 16.6. The van der Waals surface area contributed by atoms with Crippen LogP contribution in [-0.2, 0) is 38.1 Å². The predicted molar refractivity (Wildman–Crippen MR) is 173 cm³/mol. The van der Waals surface area contributed by atoms with Crippen LogP contribution in [0.25, 0.3) is 0 Å². The largest absolute Gasteiger partial charge is 0.462 e. The average Bonchev–Trinajstić information content (AvgIpc) is 3.34. The SMILES string of the molecule is C/C=C(/C)C(=O)O[C@@H]1C2[C@H](OC(=O)CCC)[C@H](C)CC23C(=O)C(C2C(C)(C)[C@]2(OC(C)=O)C[C@]3(C)O)[C@@H](O)[C@@H]1COC(=O)c1cccnc1. The normalized spacial score (nSPS) is 39.0. The van der Waals surface area contributed by atoms with E-state index in [1.165, 1.54) is 32.3 Å². The zero-order chi connectivity index (χ0) is 36.3. The fourth-order valence-corrected chi connectivity index (χ4v) is 9.62. The van der Waals surface area contributed by atoms with Crippen molar-refractivity contribution in [2.45, 2.75) is 111 Å². The number of hydrogen-bond donors (Lipinski definition) is 2. The Morgan fingerprint density at radius 3 is 2.39 bits per heavy atom. The van der Waals surface area contributed by atoms with Gasteiger partial charge in [0.1, 0.15) is 30.2 Å². The Labute approximate surface area is 286 Å². The molecule has 4 fully saturated rings. The molecular weight excluding hydrogens is 634 g/mol. The van der Waals surface area contributed by atoms with E-state index >= 15 is 4.79 Å². The second-order valence-electron chi connectivity index (χ2n) is 15.2. The maximum Gasteiger partial charge on any atom is 0.339 e. The number of nitrogens with zero attached hydrogens (tertiary/aromatic N) is 1. The number of fused-ring (bicyclic) bond motifs is 3. The molecule has 12 nitrogen and oxygen atoms in total. The fraction of sp³-hybridized carbons (Fsp3) is 0.676. The molecule has 11 atom stereocenters. The number of esters is 4. The van der Waals surface area contributed by atoms with E-state index in [1.54, 1.807) is 26.0 Å². The number of aliphatic hydroxyl groups excluding tert-OH is 1. The summed E-state index contributed by atoms with van der Waals surface area (Å²) in [6.07, 6.45) is 0.924. The molecule has 1 spiro atoms. The molecule has 0 saturated heterocycles. The van der Waals surface area contributed by atoms with Gasteiger partial charge in [0, 0.05) is 55.0 Å². The molecule has 0 amide bonds. The lowest BCUT2D eigenvalue weighted by atomic mass is 9.59. The van der Waals surface area contributed by atoms with Crippen molar-refractivity contribution in [1.82, 2.24) is 4.98 Å². The molecular formula is C37H49NO11. The lowest BCUT2D eigenvalue weighted by Gasteiger charge is -2.48. The van der Waals surface area contributed by atoms with E-state index in [1.807, 2.05) is 27.7 Å². The topological polar surface area (TPSA) is 176 Å². The van der Waals surface area contributed by atoms with E-state index in [2.05, 4.69) is 4.98 Å². The minimum atomic E-state index is -1.90. The van der Waals surface area contributed by atoms with Gasteiger partial charge in [-0.3, -0.25) is 19.4 Å². The van der Waals surface area contributed by atoms with Gasteiger partial charge >= 0.3 is 23.9 Å². The summed E-state index contributed by atoms with van der Waals surface area (Å²) < 4.78 is 24.1. The van der Waals surface area contributed by atoms with Gasteiger partial charge in [0.15, 0.2) is 0 Å². The highest BCUT2D eigenvalue weighted by molar-refractivity contribution is 5.93. The van der Waals surface area contributed by atoms with Crippen LogP contribution in [0, 0.1) is 40.4 Å². The van der Waals surface area contributed by atoms with E-state index in [0.717, 1.165) is 0 Å². The highest BCUT2D eigenvalue weighted by Crippen LogP contribution is 2.77. The molecule has 4 aliphatic carbocycles. The third-order valence-electron chi connectivity index (χ3n) is 12.0. The number of Topliss-reactive ketones (excluding diaryl/α,β-unsaturated/α-hetero) is 1. The smallest absolute Gasteiger partial charge is 0.339 e. The molecule has 5 rings (SSSR count). The van der Waals surface area contributed by atoms with Crippen LogP contribution >= 0.6 is 0 Å². The van der Waals surface area contributed by atoms with Crippen molar-refractivity contribution in [3.8, 4) is 0 Å². The van der Waals surface area contributed by atoms with Crippen LogP contribution in [-0.4, -0.2) is 81.0 Å². The molecule has 268 valence electrons. The molecule has 49 heavy (non-hydrogen) atoms. The Balaban J connectivity index is 1.74. The summed E-state index contributed by atoms with van der Waals surface area (Å²) in [6.45, 7) is 12.8. The minimum absolute atomic E-state index is 0.0406. The molecule has 4 saturated carbocycles. The summed E-state index contributed by atoms with van der Waals surface area (Å²) in [5.74, 6) is -7.92. The van der Waals surface area contributed by atoms with Crippen LogP contribution in [0.4, 0.5) is 0 Å².